The van der Waals surface area contributed by atoms with E-state index < -0.39 is 0 Å². The van der Waals surface area contributed by atoms with Gasteiger partial charge in [-0.05, 0) is 61.9 Å². The molecule has 0 aliphatic heterocycles. The van der Waals surface area contributed by atoms with E-state index in [4.69, 9.17) is 9.47 Å². The Morgan fingerprint density at radius 2 is 1.79 bits per heavy atom. The number of rotatable bonds is 10. The van der Waals surface area contributed by atoms with Crippen molar-refractivity contribution in [2.75, 3.05) is 20.3 Å². The van der Waals surface area contributed by atoms with Gasteiger partial charge in [-0.25, -0.2) is 0 Å². The van der Waals surface area contributed by atoms with Crippen molar-refractivity contribution in [2.24, 2.45) is 0 Å². The van der Waals surface area contributed by atoms with Crippen molar-refractivity contribution in [1.82, 2.24) is 5.32 Å². The van der Waals surface area contributed by atoms with Gasteiger partial charge in [0.05, 0.1) is 13.7 Å². The monoisotopic (exact) mass is 401 g/mol. The predicted octanol–water partition coefficient (Wildman–Crippen LogP) is 5.72. The molecule has 0 spiro atoms. The molecule has 0 heterocycles. The number of halogens is 1. The standard InChI is InChI=1S/C24H31NO2.ClH/c1-26-24-18-22(19-25-16-14-20-8-4-2-5-9-20)12-13-23(24)27-17-15-21-10-6-3-7-11-21;/h3,6-8,10-13,18,25H,2,4-5,9,14-17,19H2,1H3;1H. The van der Waals surface area contributed by atoms with Gasteiger partial charge in [0.2, 0.25) is 0 Å². The van der Waals surface area contributed by atoms with Crippen LogP contribution in [0.3, 0.4) is 0 Å². The van der Waals surface area contributed by atoms with Gasteiger partial charge < -0.3 is 14.8 Å². The number of allylic oxidation sites excluding steroid dienone is 1. The Morgan fingerprint density at radius 3 is 2.54 bits per heavy atom. The first-order valence-electron chi connectivity index (χ1n) is 10.1. The summed E-state index contributed by atoms with van der Waals surface area (Å²) in [6, 6.07) is 16.6. The van der Waals surface area contributed by atoms with Crippen LogP contribution in [0.2, 0.25) is 0 Å². The van der Waals surface area contributed by atoms with Gasteiger partial charge >= 0.3 is 0 Å². The molecule has 0 bridgehead atoms. The van der Waals surface area contributed by atoms with Crippen LogP contribution in [0.1, 0.15) is 43.2 Å². The van der Waals surface area contributed by atoms with Gasteiger partial charge in [0, 0.05) is 13.0 Å². The van der Waals surface area contributed by atoms with Crippen molar-refractivity contribution in [3.63, 3.8) is 0 Å². The van der Waals surface area contributed by atoms with E-state index in [0.717, 1.165) is 37.4 Å². The lowest BCUT2D eigenvalue weighted by Gasteiger charge is -2.14. The Balaban J connectivity index is 0.00000280. The van der Waals surface area contributed by atoms with Crippen LogP contribution in [0.5, 0.6) is 11.5 Å². The van der Waals surface area contributed by atoms with E-state index >= 15 is 0 Å². The third kappa shape index (κ3) is 7.21. The van der Waals surface area contributed by atoms with Gasteiger partial charge in [0.25, 0.3) is 0 Å². The largest absolute Gasteiger partial charge is 0.493 e. The molecule has 2 aromatic rings. The fourth-order valence-electron chi connectivity index (χ4n) is 3.48. The van der Waals surface area contributed by atoms with E-state index in [2.05, 4.69) is 47.8 Å². The fourth-order valence-corrected chi connectivity index (χ4v) is 3.48. The van der Waals surface area contributed by atoms with Gasteiger partial charge in [0.1, 0.15) is 0 Å². The quantitative estimate of drug-likeness (QED) is 0.408. The second-order valence-electron chi connectivity index (χ2n) is 7.10. The Hall–Kier alpha value is -1.97. The van der Waals surface area contributed by atoms with Crippen molar-refractivity contribution >= 4 is 12.4 Å². The summed E-state index contributed by atoms with van der Waals surface area (Å²) in [5.41, 5.74) is 4.12. The maximum Gasteiger partial charge on any atom is 0.161 e. The van der Waals surface area contributed by atoms with Crippen LogP contribution in [0.25, 0.3) is 0 Å². The van der Waals surface area contributed by atoms with Crippen LogP contribution in [-0.2, 0) is 13.0 Å². The zero-order chi connectivity index (χ0) is 18.7. The second-order valence-corrected chi connectivity index (χ2v) is 7.10. The molecule has 1 aliphatic rings. The summed E-state index contributed by atoms with van der Waals surface area (Å²) in [5.74, 6) is 1.61. The Morgan fingerprint density at radius 1 is 0.929 bits per heavy atom. The second kappa shape index (κ2) is 12.5. The minimum absolute atomic E-state index is 0. The molecule has 1 aliphatic carbocycles. The Kier molecular flexibility index (Phi) is 9.95. The van der Waals surface area contributed by atoms with Gasteiger partial charge in [-0.15, -0.1) is 12.4 Å². The molecule has 0 radical (unpaired) electrons. The molecule has 152 valence electrons. The van der Waals surface area contributed by atoms with Gasteiger partial charge in [-0.1, -0.05) is 48.0 Å². The molecular weight excluding hydrogens is 370 g/mol. The maximum absolute atomic E-state index is 5.94. The van der Waals surface area contributed by atoms with Gasteiger partial charge in [-0.2, -0.15) is 0 Å². The number of benzene rings is 2. The molecule has 0 unspecified atom stereocenters. The molecule has 4 heteroatoms. The number of hydrogen-bond acceptors (Lipinski definition) is 3. The van der Waals surface area contributed by atoms with Crippen LogP contribution < -0.4 is 14.8 Å². The zero-order valence-corrected chi connectivity index (χ0v) is 17.6. The van der Waals surface area contributed by atoms with Crippen molar-refractivity contribution in [3.8, 4) is 11.5 Å². The summed E-state index contributed by atoms with van der Waals surface area (Å²) in [7, 11) is 1.70. The average Bonchev–Trinajstić information content (AvgIpc) is 2.73. The molecule has 28 heavy (non-hydrogen) atoms. The highest BCUT2D eigenvalue weighted by molar-refractivity contribution is 5.85. The summed E-state index contributed by atoms with van der Waals surface area (Å²) in [4.78, 5) is 0. The lowest BCUT2D eigenvalue weighted by atomic mass is 9.97. The van der Waals surface area contributed by atoms with Crippen LogP contribution in [0.4, 0.5) is 0 Å². The first kappa shape index (κ1) is 22.3. The van der Waals surface area contributed by atoms with Crippen LogP contribution in [0.15, 0.2) is 60.2 Å². The first-order chi connectivity index (χ1) is 13.3. The fraction of sp³-hybridized carbons (Fsp3) is 0.417. The highest BCUT2D eigenvalue weighted by Crippen LogP contribution is 2.28. The minimum Gasteiger partial charge on any atom is -0.493 e. The van der Waals surface area contributed by atoms with Crippen molar-refractivity contribution in [1.29, 1.82) is 0 Å². The topological polar surface area (TPSA) is 30.5 Å². The number of methoxy groups -OCH3 is 1. The molecule has 2 aromatic carbocycles. The van der Waals surface area contributed by atoms with E-state index in [0.29, 0.717) is 6.61 Å². The summed E-state index contributed by atoms with van der Waals surface area (Å²) in [5, 5.41) is 3.55. The predicted molar refractivity (Wildman–Crippen MR) is 119 cm³/mol. The maximum atomic E-state index is 5.94. The van der Waals surface area contributed by atoms with Crippen LogP contribution in [0, 0.1) is 0 Å². The smallest absolute Gasteiger partial charge is 0.161 e. The van der Waals surface area contributed by atoms with E-state index in [1.165, 1.54) is 36.8 Å². The van der Waals surface area contributed by atoms with E-state index in [1.807, 2.05) is 12.1 Å². The molecule has 0 saturated carbocycles. The van der Waals surface area contributed by atoms with E-state index in [-0.39, 0.29) is 12.4 Å². The average molecular weight is 402 g/mol. The number of nitrogens with one attached hydrogen (secondary N) is 1. The molecule has 1 N–H and O–H groups in total. The normalized spacial score (nSPS) is 13.4. The lowest BCUT2D eigenvalue weighted by Crippen LogP contribution is -2.15. The minimum atomic E-state index is 0. The molecular formula is C24H32ClNO2. The van der Waals surface area contributed by atoms with Crippen molar-refractivity contribution in [3.05, 3.63) is 71.3 Å². The highest BCUT2D eigenvalue weighted by Gasteiger charge is 2.07. The molecule has 0 fully saturated rings. The first-order valence-corrected chi connectivity index (χ1v) is 10.1. The number of hydrogen-bond donors (Lipinski definition) is 1. The SMILES string of the molecule is COc1cc(CNCCC2=CCCCC2)ccc1OCCc1ccccc1.Cl. The zero-order valence-electron chi connectivity index (χ0n) is 16.8. The molecule has 0 atom stereocenters. The molecule has 0 saturated heterocycles. The van der Waals surface area contributed by atoms with Crippen LogP contribution >= 0.6 is 12.4 Å². The molecule has 3 nitrogen and oxygen atoms in total. The summed E-state index contributed by atoms with van der Waals surface area (Å²) in [6.45, 7) is 2.53. The summed E-state index contributed by atoms with van der Waals surface area (Å²) in [6.07, 6.45) is 9.74. The van der Waals surface area contributed by atoms with E-state index in [9.17, 15) is 0 Å². The third-order valence-corrected chi connectivity index (χ3v) is 5.06. The van der Waals surface area contributed by atoms with Gasteiger partial charge in [-0.3, -0.25) is 0 Å². The Labute approximate surface area is 175 Å². The van der Waals surface area contributed by atoms with Crippen molar-refractivity contribution < 1.29 is 9.47 Å². The Bertz CT molecular complexity index is 731. The van der Waals surface area contributed by atoms with Crippen molar-refractivity contribution in [2.45, 2.75) is 45.1 Å². The van der Waals surface area contributed by atoms with Crippen LogP contribution in [-0.4, -0.2) is 20.3 Å². The summed E-state index contributed by atoms with van der Waals surface area (Å²) >= 11 is 0. The summed E-state index contributed by atoms with van der Waals surface area (Å²) < 4.78 is 11.5. The highest BCUT2D eigenvalue weighted by atomic mass is 35.5. The molecule has 3 rings (SSSR count). The van der Waals surface area contributed by atoms with E-state index in [1.54, 1.807) is 12.7 Å². The third-order valence-electron chi connectivity index (χ3n) is 5.06. The lowest BCUT2D eigenvalue weighted by molar-refractivity contribution is 0.297. The van der Waals surface area contributed by atoms with Gasteiger partial charge in [0.15, 0.2) is 11.5 Å². The molecule has 0 aromatic heterocycles. The number of ether oxygens (including phenoxy) is 2. The molecule has 0 amide bonds.